The molecule has 0 radical (unpaired) electrons. The minimum Gasteiger partial charge on any atom is -0.490 e. The van der Waals surface area contributed by atoms with Gasteiger partial charge in [-0.25, -0.2) is 0 Å². The van der Waals surface area contributed by atoms with E-state index in [-0.39, 0.29) is 0 Å². The zero-order valence-corrected chi connectivity index (χ0v) is 15.1. The minimum atomic E-state index is 0.457. The quantitative estimate of drug-likeness (QED) is 0.629. The van der Waals surface area contributed by atoms with Gasteiger partial charge >= 0.3 is 0 Å². The molecule has 2 aromatic carbocycles. The number of nitrogens with two attached hydrogens (primary N) is 1. The Morgan fingerprint density at radius 2 is 1.78 bits per heavy atom. The summed E-state index contributed by atoms with van der Waals surface area (Å²) < 4.78 is 11.8. The average Bonchev–Trinajstić information content (AvgIpc) is 2.67. The summed E-state index contributed by atoms with van der Waals surface area (Å²) in [5.74, 6) is 1.60. The smallest absolute Gasteiger partial charge is 0.138 e. The number of hydrogen-bond donors (Lipinski definition) is 2. The number of benzene rings is 2. The molecule has 1 aromatic heterocycles. The van der Waals surface area contributed by atoms with Gasteiger partial charge in [0.2, 0.25) is 0 Å². The molecule has 1 unspecified atom stereocenters. The lowest BCUT2D eigenvalue weighted by molar-refractivity contribution is 0.217. The van der Waals surface area contributed by atoms with Crippen LogP contribution in [0, 0.1) is 0 Å². The lowest BCUT2D eigenvalue weighted by Gasteiger charge is -2.27. The normalized spacial score (nSPS) is 15.8. The van der Waals surface area contributed by atoms with Crippen molar-refractivity contribution in [2.45, 2.75) is 19.1 Å². The standard InChI is InChI=1S/C22H23N3O2/c23-19-6-4-16(5-7-19)14-26-21-3-1-2-17(10-21)18-11-22(13-24-12-18)27-15-20-8-9-25-20/h1-7,10-13,20,25H,8-9,14-15,23H2. The van der Waals surface area contributed by atoms with Crippen molar-refractivity contribution in [2.24, 2.45) is 0 Å². The second kappa shape index (κ2) is 8.10. The highest BCUT2D eigenvalue weighted by molar-refractivity contribution is 5.65. The molecule has 4 rings (SSSR count). The van der Waals surface area contributed by atoms with Crippen LogP contribution in [0.3, 0.4) is 0 Å². The van der Waals surface area contributed by atoms with E-state index in [1.165, 1.54) is 6.42 Å². The van der Waals surface area contributed by atoms with Gasteiger partial charge < -0.3 is 20.5 Å². The van der Waals surface area contributed by atoms with Crippen molar-refractivity contribution in [2.75, 3.05) is 18.9 Å². The Balaban J connectivity index is 1.42. The van der Waals surface area contributed by atoms with Gasteiger partial charge in [0.15, 0.2) is 0 Å². The second-order valence-electron chi connectivity index (χ2n) is 6.72. The minimum absolute atomic E-state index is 0.457. The van der Waals surface area contributed by atoms with Gasteiger partial charge in [-0.3, -0.25) is 4.98 Å². The average molecular weight is 361 g/mol. The van der Waals surface area contributed by atoms with E-state index in [2.05, 4.69) is 10.3 Å². The van der Waals surface area contributed by atoms with E-state index in [0.29, 0.717) is 19.3 Å². The molecule has 3 N–H and O–H groups in total. The zero-order chi connectivity index (χ0) is 18.5. The molecule has 5 nitrogen and oxygen atoms in total. The van der Waals surface area contributed by atoms with Crippen LogP contribution in [0.2, 0.25) is 0 Å². The molecule has 0 bridgehead atoms. The lowest BCUT2D eigenvalue weighted by atomic mass is 10.1. The molecule has 1 atom stereocenters. The van der Waals surface area contributed by atoms with Crippen molar-refractivity contribution in [1.82, 2.24) is 10.3 Å². The summed E-state index contributed by atoms with van der Waals surface area (Å²) in [6.07, 6.45) is 4.76. The largest absolute Gasteiger partial charge is 0.490 e. The van der Waals surface area contributed by atoms with Gasteiger partial charge in [0.25, 0.3) is 0 Å². The van der Waals surface area contributed by atoms with E-state index in [9.17, 15) is 0 Å². The molecule has 0 amide bonds. The van der Waals surface area contributed by atoms with Gasteiger partial charge in [-0.2, -0.15) is 0 Å². The Morgan fingerprint density at radius 3 is 2.56 bits per heavy atom. The zero-order valence-electron chi connectivity index (χ0n) is 15.1. The fraction of sp³-hybridized carbons (Fsp3) is 0.227. The maximum atomic E-state index is 5.92. The Hall–Kier alpha value is -3.05. The number of anilines is 1. The molecule has 1 fully saturated rings. The third-order valence-corrected chi connectivity index (χ3v) is 4.64. The number of nitrogens with one attached hydrogen (secondary N) is 1. The van der Waals surface area contributed by atoms with E-state index in [1.54, 1.807) is 6.20 Å². The van der Waals surface area contributed by atoms with Crippen molar-refractivity contribution in [1.29, 1.82) is 0 Å². The van der Waals surface area contributed by atoms with Crippen LogP contribution in [0.1, 0.15) is 12.0 Å². The van der Waals surface area contributed by atoms with Crippen LogP contribution in [0.4, 0.5) is 5.69 Å². The Labute approximate surface area is 159 Å². The number of hydrogen-bond acceptors (Lipinski definition) is 5. The van der Waals surface area contributed by atoms with E-state index in [4.69, 9.17) is 15.2 Å². The van der Waals surface area contributed by atoms with Gasteiger partial charge in [0.05, 0.1) is 6.20 Å². The summed E-state index contributed by atoms with van der Waals surface area (Å²) in [5, 5.41) is 3.33. The van der Waals surface area contributed by atoms with Crippen LogP contribution in [0.5, 0.6) is 11.5 Å². The van der Waals surface area contributed by atoms with Crippen LogP contribution in [-0.2, 0) is 6.61 Å². The summed E-state index contributed by atoms with van der Waals surface area (Å²) in [6.45, 7) is 2.25. The lowest BCUT2D eigenvalue weighted by Crippen LogP contribution is -2.46. The van der Waals surface area contributed by atoms with Crippen LogP contribution < -0.4 is 20.5 Å². The molecular weight excluding hydrogens is 338 g/mol. The molecule has 138 valence electrons. The maximum absolute atomic E-state index is 5.92. The van der Waals surface area contributed by atoms with Gasteiger partial charge in [-0.15, -0.1) is 0 Å². The molecule has 27 heavy (non-hydrogen) atoms. The highest BCUT2D eigenvalue weighted by atomic mass is 16.5. The maximum Gasteiger partial charge on any atom is 0.138 e. The predicted octanol–water partition coefficient (Wildman–Crippen LogP) is 3.65. The summed E-state index contributed by atoms with van der Waals surface area (Å²) >= 11 is 0. The highest BCUT2D eigenvalue weighted by Gasteiger charge is 2.16. The third kappa shape index (κ3) is 4.57. The van der Waals surface area contributed by atoms with Crippen molar-refractivity contribution < 1.29 is 9.47 Å². The molecule has 2 heterocycles. The summed E-state index contributed by atoms with van der Waals surface area (Å²) in [4.78, 5) is 4.32. The van der Waals surface area contributed by atoms with Gasteiger partial charge in [-0.05, 0) is 54.4 Å². The van der Waals surface area contributed by atoms with Crippen molar-refractivity contribution in [3.63, 3.8) is 0 Å². The SMILES string of the molecule is Nc1ccc(COc2cccc(-c3cncc(OCC4CCN4)c3)c2)cc1. The van der Waals surface area contributed by atoms with E-state index in [0.717, 1.165) is 40.4 Å². The molecule has 0 aliphatic carbocycles. The second-order valence-corrected chi connectivity index (χ2v) is 6.72. The summed E-state index contributed by atoms with van der Waals surface area (Å²) in [5.41, 5.74) is 9.60. The molecule has 0 spiro atoms. The number of pyridine rings is 1. The van der Waals surface area contributed by atoms with Crippen LogP contribution in [0.15, 0.2) is 67.0 Å². The van der Waals surface area contributed by atoms with Gasteiger partial charge in [-0.1, -0.05) is 24.3 Å². The van der Waals surface area contributed by atoms with E-state index < -0.39 is 0 Å². The third-order valence-electron chi connectivity index (χ3n) is 4.64. The van der Waals surface area contributed by atoms with Gasteiger partial charge in [0, 0.05) is 23.5 Å². The Morgan fingerprint density at radius 1 is 0.963 bits per heavy atom. The van der Waals surface area contributed by atoms with Crippen molar-refractivity contribution in [3.8, 4) is 22.6 Å². The van der Waals surface area contributed by atoms with E-state index >= 15 is 0 Å². The van der Waals surface area contributed by atoms with Crippen LogP contribution in [0.25, 0.3) is 11.1 Å². The molecular formula is C22H23N3O2. The number of ether oxygens (including phenoxy) is 2. The number of aromatic nitrogens is 1. The van der Waals surface area contributed by atoms with Crippen molar-refractivity contribution in [3.05, 3.63) is 72.6 Å². The first-order valence-corrected chi connectivity index (χ1v) is 9.15. The molecule has 5 heteroatoms. The topological polar surface area (TPSA) is 69.4 Å². The molecule has 1 aliphatic heterocycles. The molecule has 1 saturated heterocycles. The molecule has 3 aromatic rings. The first-order valence-electron chi connectivity index (χ1n) is 9.15. The first kappa shape index (κ1) is 17.4. The number of nitrogen functional groups attached to an aromatic ring is 1. The molecule has 0 saturated carbocycles. The molecule has 1 aliphatic rings. The number of rotatable bonds is 7. The first-order chi connectivity index (χ1) is 13.3. The van der Waals surface area contributed by atoms with Crippen LogP contribution in [-0.4, -0.2) is 24.2 Å². The summed E-state index contributed by atoms with van der Waals surface area (Å²) in [7, 11) is 0. The fourth-order valence-corrected chi connectivity index (χ4v) is 2.89. The monoisotopic (exact) mass is 361 g/mol. The van der Waals surface area contributed by atoms with Crippen LogP contribution >= 0.6 is 0 Å². The highest BCUT2D eigenvalue weighted by Crippen LogP contribution is 2.26. The van der Waals surface area contributed by atoms with Crippen molar-refractivity contribution >= 4 is 5.69 Å². The summed E-state index contributed by atoms with van der Waals surface area (Å²) in [6, 6.07) is 18.2. The van der Waals surface area contributed by atoms with Gasteiger partial charge in [0.1, 0.15) is 24.7 Å². The predicted molar refractivity (Wildman–Crippen MR) is 107 cm³/mol. The fourth-order valence-electron chi connectivity index (χ4n) is 2.89. The Kier molecular flexibility index (Phi) is 5.21. The number of nitrogens with zero attached hydrogens (tertiary/aromatic N) is 1. The van der Waals surface area contributed by atoms with E-state index in [1.807, 2.05) is 60.8 Å². The Bertz CT molecular complexity index is 892.